The molecule has 1 aromatic carbocycles. The van der Waals surface area contributed by atoms with Crippen molar-refractivity contribution in [2.45, 2.75) is 13.1 Å². The van der Waals surface area contributed by atoms with Crippen LogP contribution in [-0.4, -0.2) is 45.4 Å². The number of imidazole rings is 1. The number of nitrogens with zero attached hydrogens (tertiary/aromatic N) is 5. The monoisotopic (exact) mass is 331 g/mol. The van der Waals surface area contributed by atoms with Crippen molar-refractivity contribution in [3.8, 4) is 6.07 Å². The molecule has 0 bridgehead atoms. The molecule has 3 heterocycles. The molecule has 1 saturated heterocycles. The normalized spacial score (nSPS) is 16.1. The second-order valence-electron chi connectivity index (χ2n) is 6.56. The van der Waals surface area contributed by atoms with Crippen molar-refractivity contribution >= 4 is 5.65 Å². The molecule has 4 rings (SSSR count). The number of benzene rings is 1. The molecule has 3 aromatic rings. The number of hydrogen-bond acceptors (Lipinski definition) is 4. The van der Waals surface area contributed by atoms with Crippen molar-refractivity contribution < 1.29 is 0 Å². The third-order valence-electron chi connectivity index (χ3n) is 4.75. The van der Waals surface area contributed by atoms with Crippen LogP contribution in [0.25, 0.3) is 5.65 Å². The van der Waals surface area contributed by atoms with E-state index in [0.29, 0.717) is 0 Å². The van der Waals surface area contributed by atoms with Gasteiger partial charge in [0.15, 0.2) is 0 Å². The number of fused-ring (bicyclic) bond motifs is 1. The molecule has 25 heavy (non-hydrogen) atoms. The maximum Gasteiger partial charge on any atom is 0.137 e. The van der Waals surface area contributed by atoms with Gasteiger partial charge in [-0.2, -0.15) is 5.26 Å². The standard InChI is InChI=1S/C20H21N5/c21-13-17-4-6-18(7-5-17)14-23-9-11-24(12-10-23)15-19-16-25-8-2-1-3-20(25)22-19/h1-8,16H,9-12,14-15H2. The summed E-state index contributed by atoms with van der Waals surface area (Å²) >= 11 is 0. The first-order valence-electron chi connectivity index (χ1n) is 8.66. The highest BCUT2D eigenvalue weighted by Gasteiger charge is 2.18. The Balaban J connectivity index is 1.31. The Bertz CT molecular complexity index is 849. The lowest BCUT2D eigenvalue weighted by Gasteiger charge is -2.34. The van der Waals surface area contributed by atoms with E-state index in [1.807, 2.05) is 36.5 Å². The van der Waals surface area contributed by atoms with Crippen LogP contribution in [0.2, 0.25) is 0 Å². The third kappa shape index (κ3) is 3.71. The fourth-order valence-corrected chi connectivity index (χ4v) is 3.34. The van der Waals surface area contributed by atoms with Crippen LogP contribution < -0.4 is 0 Å². The zero-order chi connectivity index (χ0) is 17.1. The molecule has 1 fully saturated rings. The quantitative estimate of drug-likeness (QED) is 0.737. The predicted octanol–water partition coefficient (Wildman–Crippen LogP) is 2.52. The van der Waals surface area contributed by atoms with Crippen LogP contribution in [0, 0.1) is 11.3 Å². The Kier molecular flexibility index (Phi) is 4.47. The number of hydrogen-bond donors (Lipinski definition) is 0. The Morgan fingerprint density at radius 3 is 2.32 bits per heavy atom. The molecule has 5 nitrogen and oxygen atoms in total. The maximum atomic E-state index is 8.87. The molecule has 1 aliphatic heterocycles. The largest absolute Gasteiger partial charge is 0.307 e. The van der Waals surface area contributed by atoms with Gasteiger partial charge in [0.05, 0.1) is 17.3 Å². The molecule has 1 aliphatic rings. The van der Waals surface area contributed by atoms with E-state index in [-0.39, 0.29) is 0 Å². The lowest BCUT2D eigenvalue weighted by molar-refractivity contribution is 0.121. The Labute approximate surface area is 147 Å². The summed E-state index contributed by atoms with van der Waals surface area (Å²) in [6.45, 7) is 6.11. The predicted molar refractivity (Wildman–Crippen MR) is 96.9 cm³/mol. The second-order valence-corrected chi connectivity index (χ2v) is 6.56. The van der Waals surface area contributed by atoms with E-state index in [0.717, 1.165) is 56.2 Å². The summed E-state index contributed by atoms with van der Waals surface area (Å²) in [4.78, 5) is 9.63. The fourth-order valence-electron chi connectivity index (χ4n) is 3.34. The zero-order valence-corrected chi connectivity index (χ0v) is 14.2. The maximum absolute atomic E-state index is 8.87. The highest BCUT2D eigenvalue weighted by atomic mass is 15.3. The van der Waals surface area contributed by atoms with Gasteiger partial charge in [0.1, 0.15) is 5.65 Å². The van der Waals surface area contributed by atoms with E-state index < -0.39 is 0 Å². The van der Waals surface area contributed by atoms with E-state index in [1.165, 1.54) is 5.56 Å². The Morgan fingerprint density at radius 2 is 1.64 bits per heavy atom. The van der Waals surface area contributed by atoms with Gasteiger partial charge in [-0.05, 0) is 29.8 Å². The highest BCUT2D eigenvalue weighted by Crippen LogP contribution is 2.13. The average molecular weight is 331 g/mol. The first kappa shape index (κ1) is 15.8. The number of rotatable bonds is 4. The van der Waals surface area contributed by atoms with Gasteiger partial charge in [-0.25, -0.2) is 4.98 Å². The minimum Gasteiger partial charge on any atom is -0.307 e. The van der Waals surface area contributed by atoms with Crippen molar-refractivity contribution in [1.82, 2.24) is 19.2 Å². The summed E-state index contributed by atoms with van der Waals surface area (Å²) < 4.78 is 2.08. The number of piperazine rings is 1. The van der Waals surface area contributed by atoms with Crippen LogP contribution in [0.3, 0.4) is 0 Å². The number of aromatic nitrogens is 2. The smallest absolute Gasteiger partial charge is 0.137 e. The SMILES string of the molecule is N#Cc1ccc(CN2CCN(Cc3cn4ccccc4n3)CC2)cc1. The van der Waals surface area contributed by atoms with E-state index in [2.05, 4.69) is 38.6 Å². The minimum atomic E-state index is 0.723. The topological polar surface area (TPSA) is 47.6 Å². The van der Waals surface area contributed by atoms with Crippen LogP contribution in [-0.2, 0) is 13.1 Å². The Hall–Kier alpha value is -2.68. The van der Waals surface area contributed by atoms with Crippen molar-refractivity contribution in [2.24, 2.45) is 0 Å². The fraction of sp³-hybridized carbons (Fsp3) is 0.300. The minimum absolute atomic E-state index is 0.723. The van der Waals surface area contributed by atoms with E-state index in [4.69, 9.17) is 10.2 Å². The van der Waals surface area contributed by atoms with Gasteiger partial charge >= 0.3 is 0 Å². The van der Waals surface area contributed by atoms with Gasteiger partial charge in [0, 0.05) is 51.7 Å². The second kappa shape index (κ2) is 7.06. The van der Waals surface area contributed by atoms with Crippen LogP contribution in [0.4, 0.5) is 0 Å². The first-order valence-corrected chi connectivity index (χ1v) is 8.66. The third-order valence-corrected chi connectivity index (χ3v) is 4.75. The van der Waals surface area contributed by atoms with Crippen LogP contribution >= 0.6 is 0 Å². The molecule has 5 heteroatoms. The summed E-state index contributed by atoms with van der Waals surface area (Å²) in [6.07, 6.45) is 4.17. The molecule has 126 valence electrons. The van der Waals surface area contributed by atoms with Crippen molar-refractivity contribution in [3.63, 3.8) is 0 Å². The summed E-state index contributed by atoms with van der Waals surface area (Å²) in [5, 5.41) is 8.87. The van der Waals surface area contributed by atoms with E-state index in [1.54, 1.807) is 0 Å². The molecule has 0 amide bonds. The van der Waals surface area contributed by atoms with Gasteiger partial charge in [-0.15, -0.1) is 0 Å². The lowest BCUT2D eigenvalue weighted by Crippen LogP contribution is -2.45. The van der Waals surface area contributed by atoms with Crippen LogP contribution in [0.1, 0.15) is 16.8 Å². The summed E-state index contributed by atoms with van der Waals surface area (Å²) in [5.41, 5.74) is 4.14. The molecular weight excluding hydrogens is 310 g/mol. The lowest BCUT2D eigenvalue weighted by atomic mass is 10.1. The highest BCUT2D eigenvalue weighted by molar-refractivity contribution is 5.39. The van der Waals surface area contributed by atoms with Gasteiger partial charge in [-0.3, -0.25) is 9.80 Å². The molecular formula is C20H21N5. The van der Waals surface area contributed by atoms with Crippen LogP contribution in [0.5, 0.6) is 0 Å². The zero-order valence-electron chi connectivity index (χ0n) is 14.2. The molecule has 0 radical (unpaired) electrons. The molecule has 0 unspecified atom stereocenters. The van der Waals surface area contributed by atoms with Crippen LogP contribution in [0.15, 0.2) is 54.9 Å². The summed E-state index contributed by atoms with van der Waals surface area (Å²) in [7, 11) is 0. The van der Waals surface area contributed by atoms with Gasteiger partial charge in [0.25, 0.3) is 0 Å². The molecule has 0 saturated carbocycles. The van der Waals surface area contributed by atoms with Gasteiger partial charge < -0.3 is 4.40 Å². The first-order chi connectivity index (χ1) is 12.3. The summed E-state index contributed by atoms with van der Waals surface area (Å²) in [6, 6.07) is 16.2. The molecule has 2 aromatic heterocycles. The molecule has 0 N–H and O–H groups in total. The van der Waals surface area contributed by atoms with Gasteiger partial charge in [0.2, 0.25) is 0 Å². The molecule has 0 spiro atoms. The van der Waals surface area contributed by atoms with E-state index in [9.17, 15) is 0 Å². The van der Waals surface area contributed by atoms with E-state index >= 15 is 0 Å². The van der Waals surface area contributed by atoms with Crippen molar-refractivity contribution in [2.75, 3.05) is 26.2 Å². The average Bonchev–Trinajstić information content (AvgIpc) is 3.06. The molecule has 0 aliphatic carbocycles. The molecule has 0 atom stereocenters. The number of pyridine rings is 1. The Morgan fingerprint density at radius 1 is 0.920 bits per heavy atom. The van der Waals surface area contributed by atoms with Gasteiger partial charge in [-0.1, -0.05) is 18.2 Å². The summed E-state index contributed by atoms with van der Waals surface area (Å²) in [5.74, 6) is 0. The number of nitriles is 1. The van der Waals surface area contributed by atoms with Crippen molar-refractivity contribution in [3.05, 3.63) is 71.7 Å². The van der Waals surface area contributed by atoms with Crippen molar-refractivity contribution in [1.29, 1.82) is 5.26 Å².